The molecular weight excluding hydrogens is 316 g/mol. The maximum atomic E-state index is 13.0. The number of ketones is 1. The smallest absolute Gasteiger partial charge is 0.227 e. The summed E-state index contributed by atoms with van der Waals surface area (Å²) in [6, 6.07) is 1.74. The standard InChI is InChI=1S/C21H28O4/c1-11(2)12-10-13-14(18(25-6)16(12)23)21(5)9-7-8-20(3,4)19(21)17(24)15(13)22/h10-11,23-24H,7-9H2,1-6H3. The Labute approximate surface area is 149 Å². The average molecular weight is 344 g/mol. The molecule has 1 saturated carbocycles. The van der Waals surface area contributed by atoms with Crippen molar-refractivity contribution in [3.05, 3.63) is 34.1 Å². The Bertz CT molecular complexity index is 786. The second kappa shape index (κ2) is 5.52. The van der Waals surface area contributed by atoms with Crippen molar-refractivity contribution in [2.24, 2.45) is 5.41 Å². The Morgan fingerprint density at radius 3 is 2.36 bits per heavy atom. The third-order valence-electron chi connectivity index (χ3n) is 6.07. The first-order valence-corrected chi connectivity index (χ1v) is 8.99. The van der Waals surface area contributed by atoms with E-state index in [1.165, 1.54) is 7.11 Å². The first kappa shape index (κ1) is 17.8. The molecule has 0 heterocycles. The van der Waals surface area contributed by atoms with E-state index >= 15 is 0 Å². The number of methoxy groups -OCH3 is 1. The molecule has 3 rings (SSSR count). The van der Waals surface area contributed by atoms with Crippen molar-refractivity contribution in [2.75, 3.05) is 7.11 Å². The fourth-order valence-electron chi connectivity index (χ4n) is 4.99. The molecule has 1 unspecified atom stereocenters. The number of allylic oxidation sites excluding steroid dienone is 2. The molecule has 0 aromatic heterocycles. The van der Waals surface area contributed by atoms with Crippen LogP contribution in [0.4, 0.5) is 0 Å². The summed E-state index contributed by atoms with van der Waals surface area (Å²) in [5.74, 6) is 0.0315. The van der Waals surface area contributed by atoms with Crippen LogP contribution in [0.5, 0.6) is 11.5 Å². The average Bonchev–Trinajstić information content (AvgIpc) is 2.51. The zero-order chi connectivity index (χ0) is 18.7. The van der Waals surface area contributed by atoms with Gasteiger partial charge in [-0.1, -0.05) is 41.0 Å². The molecular formula is C21H28O4. The highest BCUT2D eigenvalue weighted by atomic mass is 16.5. The molecule has 1 aromatic carbocycles. The number of aromatic hydroxyl groups is 1. The molecule has 136 valence electrons. The van der Waals surface area contributed by atoms with Crippen molar-refractivity contribution in [3.8, 4) is 11.5 Å². The van der Waals surface area contributed by atoms with Gasteiger partial charge in [-0.25, -0.2) is 0 Å². The van der Waals surface area contributed by atoms with Gasteiger partial charge in [0.25, 0.3) is 0 Å². The van der Waals surface area contributed by atoms with Gasteiger partial charge in [-0.15, -0.1) is 0 Å². The molecule has 0 bridgehead atoms. The summed E-state index contributed by atoms with van der Waals surface area (Å²) in [5, 5.41) is 21.6. The lowest BCUT2D eigenvalue weighted by Gasteiger charge is -2.49. The molecule has 1 fully saturated rings. The van der Waals surface area contributed by atoms with Gasteiger partial charge in [0.05, 0.1) is 7.11 Å². The zero-order valence-electron chi connectivity index (χ0n) is 16.0. The van der Waals surface area contributed by atoms with Crippen molar-refractivity contribution < 1.29 is 19.7 Å². The van der Waals surface area contributed by atoms with Crippen LogP contribution in [0.25, 0.3) is 0 Å². The number of rotatable bonds is 2. The minimum absolute atomic E-state index is 0.0372. The lowest BCUT2D eigenvalue weighted by atomic mass is 9.54. The summed E-state index contributed by atoms with van der Waals surface area (Å²) in [5.41, 5.74) is 1.83. The third kappa shape index (κ3) is 2.30. The number of phenolic OH excluding ortho intramolecular Hbond substituents is 1. The number of ether oxygens (including phenoxy) is 1. The lowest BCUT2D eigenvalue weighted by molar-refractivity contribution is 0.0938. The van der Waals surface area contributed by atoms with Crippen molar-refractivity contribution >= 4 is 5.78 Å². The summed E-state index contributed by atoms with van der Waals surface area (Å²) in [4.78, 5) is 13.0. The SMILES string of the molecule is COc1c(O)c(C(C)C)cc2c1C1(C)CCCC(C)(C)C1=C(O)C2=O. The van der Waals surface area contributed by atoms with E-state index in [-0.39, 0.29) is 28.6 Å². The number of phenols is 1. The van der Waals surface area contributed by atoms with Crippen LogP contribution in [0, 0.1) is 5.41 Å². The van der Waals surface area contributed by atoms with E-state index in [4.69, 9.17) is 4.74 Å². The highest BCUT2D eigenvalue weighted by Gasteiger charge is 2.52. The Morgan fingerprint density at radius 1 is 1.16 bits per heavy atom. The first-order chi connectivity index (χ1) is 11.6. The Balaban J connectivity index is 2.42. The Hall–Kier alpha value is -1.97. The van der Waals surface area contributed by atoms with E-state index in [0.29, 0.717) is 16.9 Å². The van der Waals surface area contributed by atoms with Crippen LogP contribution in [-0.4, -0.2) is 23.1 Å². The molecule has 0 radical (unpaired) electrons. The van der Waals surface area contributed by atoms with E-state index in [2.05, 4.69) is 20.8 Å². The summed E-state index contributed by atoms with van der Waals surface area (Å²) in [6.45, 7) is 10.1. The number of aliphatic hydroxyl groups excluding tert-OH is 1. The van der Waals surface area contributed by atoms with Crippen molar-refractivity contribution in [2.45, 2.75) is 65.2 Å². The number of carbonyl (C=O) groups excluding carboxylic acids is 1. The monoisotopic (exact) mass is 344 g/mol. The van der Waals surface area contributed by atoms with Crippen LogP contribution < -0.4 is 4.74 Å². The number of hydrogen-bond donors (Lipinski definition) is 2. The number of Topliss-reactive ketones (excluding diaryl/α,β-unsaturated/α-hetero) is 1. The minimum atomic E-state index is -0.520. The number of carbonyl (C=O) groups is 1. The number of fused-ring (bicyclic) bond motifs is 3. The summed E-state index contributed by atoms with van der Waals surface area (Å²) >= 11 is 0. The van der Waals surface area contributed by atoms with Gasteiger partial charge in [-0.3, -0.25) is 4.79 Å². The normalized spacial score (nSPS) is 25.0. The summed E-state index contributed by atoms with van der Waals surface area (Å²) in [6.07, 6.45) is 2.72. The number of aliphatic hydroxyl groups is 1. The van der Waals surface area contributed by atoms with Crippen LogP contribution in [0.1, 0.15) is 81.3 Å². The molecule has 0 spiro atoms. The van der Waals surface area contributed by atoms with E-state index in [1.807, 2.05) is 13.8 Å². The highest BCUT2D eigenvalue weighted by Crippen LogP contribution is 2.59. The van der Waals surface area contributed by atoms with Crippen LogP contribution in [0.2, 0.25) is 0 Å². The maximum absolute atomic E-state index is 13.0. The predicted molar refractivity (Wildman–Crippen MR) is 97.7 cm³/mol. The van der Waals surface area contributed by atoms with E-state index < -0.39 is 5.41 Å². The molecule has 2 aliphatic carbocycles. The van der Waals surface area contributed by atoms with E-state index in [0.717, 1.165) is 30.4 Å². The van der Waals surface area contributed by atoms with Gasteiger partial charge in [0.1, 0.15) is 0 Å². The van der Waals surface area contributed by atoms with Crippen LogP contribution >= 0.6 is 0 Å². The summed E-state index contributed by atoms with van der Waals surface area (Å²) in [7, 11) is 1.53. The first-order valence-electron chi connectivity index (χ1n) is 8.99. The van der Waals surface area contributed by atoms with Crippen molar-refractivity contribution in [1.29, 1.82) is 0 Å². The van der Waals surface area contributed by atoms with Gasteiger partial charge in [-0.2, -0.15) is 0 Å². The van der Waals surface area contributed by atoms with Crippen molar-refractivity contribution in [3.63, 3.8) is 0 Å². The fourth-order valence-corrected chi connectivity index (χ4v) is 4.99. The van der Waals surface area contributed by atoms with Gasteiger partial charge < -0.3 is 14.9 Å². The predicted octanol–water partition coefficient (Wildman–Crippen LogP) is 5.00. The van der Waals surface area contributed by atoms with E-state index in [9.17, 15) is 15.0 Å². The molecule has 1 atom stereocenters. The Kier molecular flexibility index (Phi) is 3.94. The molecule has 1 aromatic rings. The van der Waals surface area contributed by atoms with E-state index in [1.54, 1.807) is 6.07 Å². The largest absolute Gasteiger partial charge is 0.504 e. The highest BCUT2D eigenvalue weighted by molar-refractivity contribution is 6.11. The molecule has 0 aliphatic heterocycles. The van der Waals surface area contributed by atoms with Gasteiger partial charge in [-0.05, 0) is 35.8 Å². The van der Waals surface area contributed by atoms with Gasteiger partial charge in [0.2, 0.25) is 5.78 Å². The lowest BCUT2D eigenvalue weighted by Crippen LogP contribution is -2.43. The quantitative estimate of drug-likeness (QED) is 0.792. The Morgan fingerprint density at radius 2 is 1.80 bits per heavy atom. The van der Waals surface area contributed by atoms with Crippen LogP contribution in [0.15, 0.2) is 17.4 Å². The fraction of sp³-hybridized carbons (Fsp3) is 0.571. The van der Waals surface area contributed by atoms with Crippen LogP contribution in [0.3, 0.4) is 0 Å². The van der Waals surface area contributed by atoms with Gasteiger partial charge in [0, 0.05) is 22.1 Å². The second-order valence-electron chi connectivity index (χ2n) is 8.55. The second-order valence-corrected chi connectivity index (χ2v) is 8.55. The van der Waals surface area contributed by atoms with Crippen LogP contribution in [-0.2, 0) is 5.41 Å². The van der Waals surface area contributed by atoms with Gasteiger partial charge in [0.15, 0.2) is 17.3 Å². The third-order valence-corrected chi connectivity index (χ3v) is 6.07. The molecule has 0 saturated heterocycles. The molecule has 2 aliphatic rings. The topological polar surface area (TPSA) is 66.8 Å². The van der Waals surface area contributed by atoms with Gasteiger partial charge >= 0.3 is 0 Å². The van der Waals surface area contributed by atoms with Crippen molar-refractivity contribution in [1.82, 2.24) is 0 Å². The molecule has 0 amide bonds. The number of hydrogen-bond acceptors (Lipinski definition) is 4. The number of benzene rings is 1. The molecule has 4 nitrogen and oxygen atoms in total. The molecule has 4 heteroatoms. The zero-order valence-corrected chi connectivity index (χ0v) is 16.0. The maximum Gasteiger partial charge on any atom is 0.227 e. The minimum Gasteiger partial charge on any atom is -0.504 e. The molecule has 25 heavy (non-hydrogen) atoms. The summed E-state index contributed by atoms with van der Waals surface area (Å²) < 4.78 is 5.59. The molecule has 2 N–H and O–H groups in total.